The second kappa shape index (κ2) is 4.99. The highest BCUT2D eigenvalue weighted by atomic mass is 35.5. The van der Waals surface area contributed by atoms with Gasteiger partial charge >= 0.3 is 0 Å². The molecule has 1 unspecified atom stereocenters. The summed E-state index contributed by atoms with van der Waals surface area (Å²) >= 11 is 12.2. The Morgan fingerprint density at radius 3 is 2.89 bits per heavy atom. The number of aryl methyl sites for hydroxylation is 1. The van der Waals surface area contributed by atoms with Crippen LogP contribution in [-0.4, -0.2) is 9.97 Å². The molecule has 5 heteroatoms. The van der Waals surface area contributed by atoms with Crippen molar-refractivity contribution < 1.29 is 0 Å². The molecule has 3 nitrogen and oxygen atoms in total. The van der Waals surface area contributed by atoms with Crippen LogP contribution in [-0.2, 0) is 6.42 Å². The van der Waals surface area contributed by atoms with Gasteiger partial charge in [-0.3, -0.25) is 4.98 Å². The Hall–Kier alpha value is -1.32. The van der Waals surface area contributed by atoms with Crippen LogP contribution in [0.25, 0.3) is 0 Å². The summed E-state index contributed by atoms with van der Waals surface area (Å²) in [6.45, 7) is 0. The predicted octanol–water partition coefficient (Wildman–Crippen LogP) is 3.83. The van der Waals surface area contributed by atoms with Crippen molar-refractivity contribution in [3.05, 3.63) is 51.4 Å². The Balaban J connectivity index is 2.11. The summed E-state index contributed by atoms with van der Waals surface area (Å²) in [7, 11) is 0. The van der Waals surface area contributed by atoms with E-state index in [1.807, 2.05) is 12.3 Å². The van der Waals surface area contributed by atoms with Crippen molar-refractivity contribution in [2.24, 2.45) is 0 Å². The minimum absolute atomic E-state index is 0.108. The highest BCUT2D eigenvalue weighted by Crippen LogP contribution is 2.38. The third-order valence-electron chi connectivity index (χ3n) is 3.51. The molecule has 2 heterocycles. The number of nitrogens with two attached hydrogens (primary N) is 1. The van der Waals surface area contributed by atoms with Crippen molar-refractivity contribution in [3.8, 4) is 0 Å². The predicted molar refractivity (Wildman–Crippen MR) is 77.7 cm³/mol. The fraction of sp³-hybridized carbons (Fsp3) is 0.286. The van der Waals surface area contributed by atoms with Crippen LogP contribution >= 0.6 is 23.2 Å². The van der Waals surface area contributed by atoms with Crippen molar-refractivity contribution in [2.75, 3.05) is 5.73 Å². The molecule has 0 radical (unpaired) electrons. The zero-order chi connectivity index (χ0) is 13.4. The van der Waals surface area contributed by atoms with E-state index < -0.39 is 0 Å². The molecule has 0 fully saturated rings. The van der Waals surface area contributed by atoms with E-state index in [-0.39, 0.29) is 5.92 Å². The molecule has 0 saturated carbocycles. The standard InChI is InChI=1S/C14H13Cl2N3/c15-10-7-11(16)14(17)19-13(10)9-5-1-3-8-4-2-6-18-12(8)9/h2,4,6-7,9H,1,3,5H2,(H2,17,19). The van der Waals surface area contributed by atoms with Gasteiger partial charge in [0.25, 0.3) is 0 Å². The van der Waals surface area contributed by atoms with Crippen LogP contribution in [0.5, 0.6) is 0 Å². The van der Waals surface area contributed by atoms with Crippen LogP contribution in [0, 0.1) is 0 Å². The summed E-state index contributed by atoms with van der Waals surface area (Å²) in [5.41, 5.74) is 8.90. The fourth-order valence-corrected chi connectivity index (χ4v) is 3.11. The van der Waals surface area contributed by atoms with Gasteiger partial charge in [-0.05, 0) is 37.0 Å². The van der Waals surface area contributed by atoms with Gasteiger partial charge in [0.1, 0.15) is 5.82 Å². The maximum atomic E-state index is 6.27. The van der Waals surface area contributed by atoms with E-state index in [0.29, 0.717) is 15.9 Å². The first-order valence-corrected chi connectivity index (χ1v) is 6.97. The molecule has 2 N–H and O–H groups in total. The summed E-state index contributed by atoms with van der Waals surface area (Å²) in [5, 5.41) is 0.952. The maximum Gasteiger partial charge on any atom is 0.142 e. The van der Waals surface area contributed by atoms with Gasteiger partial charge in [-0.2, -0.15) is 0 Å². The molecular formula is C14H13Cl2N3. The SMILES string of the molecule is Nc1nc(C2CCCc3cccnc32)c(Cl)cc1Cl. The van der Waals surface area contributed by atoms with E-state index >= 15 is 0 Å². The molecule has 1 atom stereocenters. The number of fused-ring (bicyclic) bond motifs is 1. The monoisotopic (exact) mass is 293 g/mol. The van der Waals surface area contributed by atoms with Crippen LogP contribution in [0.2, 0.25) is 10.0 Å². The number of rotatable bonds is 1. The molecule has 0 spiro atoms. The lowest BCUT2D eigenvalue weighted by Gasteiger charge is -2.24. The third kappa shape index (κ3) is 2.28. The quantitative estimate of drug-likeness (QED) is 0.869. The normalized spacial score (nSPS) is 18.1. The Kier molecular flexibility index (Phi) is 3.33. The average molecular weight is 294 g/mol. The number of hydrogen-bond acceptors (Lipinski definition) is 3. The van der Waals surface area contributed by atoms with Gasteiger partial charge in [0.2, 0.25) is 0 Å². The zero-order valence-corrected chi connectivity index (χ0v) is 11.7. The maximum absolute atomic E-state index is 6.27. The number of aromatic nitrogens is 2. The molecule has 2 aromatic heterocycles. The Morgan fingerprint density at radius 2 is 2.05 bits per heavy atom. The number of hydrogen-bond donors (Lipinski definition) is 1. The van der Waals surface area contributed by atoms with E-state index in [4.69, 9.17) is 28.9 Å². The summed E-state index contributed by atoms with van der Waals surface area (Å²) < 4.78 is 0. The Labute approximate surface area is 121 Å². The second-order valence-corrected chi connectivity index (χ2v) is 5.53. The van der Waals surface area contributed by atoms with Crippen molar-refractivity contribution in [3.63, 3.8) is 0 Å². The van der Waals surface area contributed by atoms with Gasteiger partial charge in [0.05, 0.1) is 21.4 Å². The van der Waals surface area contributed by atoms with Gasteiger partial charge in [-0.1, -0.05) is 29.3 Å². The molecule has 0 amide bonds. The lowest BCUT2D eigenvalue weighted by molar-refractivity contribution is 0.588. The van der Waals surface area contributed by atoms with Crippen molar-refractivity contribution >= 4 is 29.0 Å². The first kappa shape index (κ1) is 12.7. The largest absolute Gasteiger partial charge is 0.382 e. The fourth-order valence-electron chi connectivity index (χ4n) is 2.62. The van der Waals surface area contributed by atoms with E-state index in [2.05, 4.69) is 16.0 Å². The average Bonchev–Trinajstić information content (AvgIpc) is 2.42. The lowest BCUT2D eigenvalue weighted by Crippen LogP contribution is -2.15. The van der Waals surface area contributed by atoms with Gasteiger partial charge < -0.3 is 5.73 Å². The van der Waals surface area contributed by atoms with E-state index in [0.717, 1.165) is 30.7 Å². The molecule has 1 aliphatic carbocycles. The minimum Gasteiger partial charge on any atom is -0.382 e. The highest BCUT2D eigenvalue weighted by Gasteiger charge is 2.26. The molecule has 1 aliphatic rings. The smallest absolute Gasteiger partial charge is 0.142 e. The molecule has 0 saturated heterocycles. The summed E-state index contributed by atoms with van der Waals surface area (Å²) in [4.78, 5) is 8.87. The van der Waals surface area contributed by atoms with Crippen LogP contribution in [0.15, 0.2) is 24.4 Å². The van der Waals surface area contributed by atoms with Gasteiger partial charge in [0.15, 0.2) is 0 Å². The van der Waals surface area contributed by atoms with Crippen molar-refractivity contribution in [1.82, 2.24) is 9.97 Å². The topological polar surface area (TPSA) is 51.8 Å². The number of nitrogen functional groups attached to an aromatic ring is 1. The summed E-state index contributed by atoms with van der Waals surface area (Å²) in [6, 6.07) is 5.74. The van der Waals surface area contributed by atoms with E-state index in [9.17, 15) is 0 Å². The Bertz CT molecular complexity index is 628. The zero-order valence-electron chi connectivity index (χ0n) is 10.2. The summed E-state index contributed by atoms with van der Waals surface area (Å²) in [6.07, 6.45) is 4.95. The van der Waals surface area contributed by atoms with Crippen LogP contribution in [0.4, 0.5) is 5.82 Å². The first-order chi connectivity index (χ1) is 9.16. The van der Waals surface area contributed by atoms with E-state index in [1.165, 1.54) is 5.56 Å². The molecule has 2 aromatic rings. The van der Waals surface area contributed by atoms with Crippen LogP contribution in [0.3, 0.4) is 0 Å². The second-order valence-electron chi connectivity index (χ2n) is 4.72. The Morgan fingerprint density at radius 1 is 1.21 bits per heavy atom. The number of pyridine rings is 2. The molecule has 0 aliphatic heterocycles. The molecule has 0 bridgehead atoms. The van der Waals surface area contributed by atoms with Gasteiger partial charge in [0, 0.05) is 12.1 Å². The highest BCUT2D eigenvalue weighted by molar-refractivity contribution is 6.36. The number of anilines is 1. The number of nitrogens with zero attached hydrogens (tertiary/aromatic N) is 2. The molecule has 19 heavy (non-hydrogen) atoms. The molecular weight excluding hydrogens is 281 g/mol. The third-order valence-corrected chi connectivity index (χ3v) is 4.11. The molecule has 3 rings (SSSR count). The van der Waals surface area contributed by atoms with E-state index in [1.54, 1.807) is 6.07 Å². The molecule has 98 valence electrons. The first-order valence-electron chi connectivity index (χ1n) is 6.22. The van der Waals surface area contributed by atoms with Gasteiger partial charge in [-0.25, -0.2) is 4.98 Å². The van der Waals surface area contributed by atoms with Gasteiger partial charge in [-0.15, -0.1) is 0 Å². The van der Waals surface area contributed by atoms with Crippen LogP contribution < -0.4 is 5.73 Å². The van der Waals surface area contributed by atoms with Crippen molar-refractivity contribution in [2.45, 2.75) is 25.2 Å². The summed E-state index contributed by atoms with van der Waals surface area (Å²) in [5.74, 6) is 0.432. The molecule has 0 aromatic carbocycles. The number of halogens is 2. The minimum atomic E-state index is 0.108. The van der Waals surface area contributed by atoms with Crippen molar-refractivity contribution in [1.29, 1.82) is 0 Å². The van der Waals surface area contributed by atoms with Crippen LogP contribution in [0.1, 0.15) is 35.7 Å². The lowest BCUT2D eigenvalue weighted by atomic mass is 9.84.